The standard InChI is InChI=1S/C17H20N2O2S/c1-3-13-7-4-5-10-16(13)21-12-18-17(20)19-14-8-6-9-15(11-14)22-2/h4-11H,3,12H2,1-2H3,(H2,18,19,20). The molecule has 0 saturated heterocycles. The number of carbonyl (C=O) groups is 1. The van der Waals surface area contributed by atoms with E-state index in [0.717, 1.165) is 28.3 Å². The molecule has 2 aromatic rings. The number of para-hydroxylation sites is 1. The average molecular weight is 316 g/mol. The second-order valence-corrected chi connectivity index (χ2v) is 5.49. The monoisotopic (exact) mass is 316 g/mol. The summed E-state index contributed by atoms with van der Waals surface area (Å²) in [5.74, 6) is 0.801. The zero-order chi connectivity index (χ0) is 15.8. The molecule has 0 spiro atoms. The van der Waals surface area contributed by atoms with Crippen molar-refractivity contribution >= 4 is 23.5 Å². The minimum atomic E-state index is -0.285. The second kappa shape index (κ2) is 8.34. The van der Waals surface area contributed by atoms with Gasteiger partial charge in [-0.15, -0.1) is 11.8 Å². The van der Waals surface area contributed by atoms with Gasteiger partial charge in [-0.1, -0.05) is 31.2 Å². The summed E-state index contributed by atoms with van der Waals surface area (Å²) < 4.78 is 5.61. The van der Waals surface area contributed by atoms with E-state index in [1.807, 2.05) is 54.8 Å². The Bertz CT molecular complexity index is 632. The zero-order valence-electron chi connectivity index (χ0n) is 12.8. The van der Waals surface area contributed by atoms with Crippen LogP contribution in [0.4, 0.5) is 10.5 Å². The molecule has 0 fully saturated rings. The van der Waals surface area contributed by atoms with Crippen LogP contribution in [0, 0.1) is 0 Å². The number of aryl methyl sites for hydroxylation is 1. The van der Waals surface area contributed by atoms with E-state index in [1.165, 1.54) is 0 Å². The van der Waals surface area contributed by atoms with Crippen molar-refractivity contribution in [3.63, 3.8) is 0 Å². The first-order valence-electron chi connectivity index (χ1n) is 7.12. The molecule has 5 heteroatoms. The molecule has 0 aliphatic carbocycles. The lowest BCUT2D eigenvalue weighted by molar-refractivity contribution is 0.234. The number of nitrogens with one attached hydrogen (secondary N) is 2. The predicted octanol–water partition coefficient (Wildman–Crippen LogP) is 4.13. The van der Waals surface area contributed by atoms with Crippen molar-refractivity contribution in [1.82, 2.24) is 5.32 Å². The van der Waals surface area contributed by atoms with Crippen LogP contribution in [0.1, 0.15) is 12.5 Å². The molecule has 2 N–H and O–H groups in total. The third-order valence-electron chi connectivity index (χ3n) is 3.14. The highest BCUT2D eigenvalue weighted by atomic mass is 32.2. The van der Waals surface area contributed by atoms with E-state index in [4.69, 9.17) is 4.74 Å². The van der Waals surface area contributed by atoms with Crippen LogP contribution in [0.5, 0.6) is 5.75 Å². The normalized spacial score (nSPS) is 10.1. The summed E-state index contributed by atoms with van der Waals surface area (Å²) in [6, 6.07) is 15.2. The molecule has 0 bridgehead atoms. The van der Waals surface area contributed by atoms with E-state index in [1.54, 1.807) is 11.8 Å². The summed E-state index contributed by atoms with van der Waals surface area (Å²) >= 11 is 1.63. The van der Waals surface area contributed by atoms with Crippen LogP contribution < -0.4 is 15.4 Å². The van der Waals surface area contributed by atoms with Gasteiger partial charge in [0, 0.05) is 10.6 Å². The lowest BCUT2D eigenvalue weighted by atomic mass is 10.1. The summed E-state index contributed by atoms with van der Waals surface area (Å²) in [6.07, 6.45) is 2.89. The smallest absolute Gasteiger partial charge is 0.321 e. The first-order valence-corrected chi connectivity index (χ1v) is 8.35. The van der Waals surface area contributed by atoms with Crippen LogP contribution in [-0.2, 0) is 6.42 Å². The molecular weight excluding hydrogens is 296 g/mol. The average Bonchev–Trinajstić information content (AvgIpc) is 2.55. The number of hydrogen-bond donors (Lipinski definition) is 2. The van der Waals surface area contributed by atoms with Gasteiger partial charge in [0.25, 0.3) is 0 Å². The summed E-state index contributed by atoms with van der Waals surface area (Å²) in [7, 11) is 0. The Hall–Kier alpha value is -2.14. The number of hydrogen-bond acceptors (Lipinski definition) is 3. The van der Waals surface area contributed by atoms with E-state index in [-0.39, 0.29) is 12.8 Å². The number of rotatable bonds is 6. The van der Waals surface area contributed by atoms with Crippen molar-refractivity contribution < 1.29 is 9.53 Å². The first kappa shape index (κ1) is 16.2. The van der Waals surface area contributed by atoms with Gasteiger partial charge in [-0.2, -0.15) is 0 Å². The SMILES string of the molecule is CCc1ccccc1OCNC(=O)Nc1cccc(SC)c1. The molecule has 2 aromatic carbocycles. The molecule has 0 heterocycles. The molecular formula is C17H20N2O2S. The maximum atomic E-state index is 11.8. The minimum absolute atomic E-state index is 0.130. The third kappa shape index (κ3) is 4.70. The topological polar surface area (TPSA) is 50.4 Å². The highest BCUT2D eigenvalue weighted by Crippen LogP contribution is 2.19. The fourth-order valence-corrected chi connectivity index (χ4v) is 2.45. The van der Waals surface area contributed by atoms with Gasteiger partial charge in [-0.3, -0.25) is 0 Å². The van der Waals surface area contributed by atoms with Crippen molar-refractivity contribution in [2.24, 2.45) is 0 Å². The molecule has 0 aliphatic heterocycles. The molecule has 116 valence electrons. The van der Waals surface area contributed by atoms with E-state index < -0.39 is 0 Å². The van der Waals surface area contributed by atoms with Crippen LogP contribution in [-0.4, -0.2) is 19.0 Å². The molecule has 0 atom stereocenters. The highest BCUT2D eigenvalue weighted by Gasteiger charge is 2.04. The molecule has 0 aromatic heterocycles. The number of thioether (sulfide) groups is 1. The summed E-state index contributed by atoms with van der Waals surface area (Å²) in [5, 5.41) is 5.48. The van der Waals surface area contributed by atoms with Crippen LogP contribution >= 0.6 is 11.8 Å². The van der Waals surface area contributed by atoms with Gasteiger partial charge in [0.2, 0.25) is 0 Å². The molecule has 2 amide bonds. The maximum absolute atomic E-state index is 11.8. The fourth-order valence-electron chi connectivity index (χ4n) is 1.99. The Morgan fingerprint density at radius 3 is 2.77 bits per heavy atom. The number of benzene rings is 2. The van der Waals surface area contributed by atoms with Gasteiger partial charge in [0.1, 0.15) is 5.75 Å². The minimum Gasteiger partial charge on any atom is -0.473 e. The first-order chi connectivity index (χ1) is 10.7. The third-order valence-corrected chi connectivity index (χ3v) is 3.87. The van der Waals surface area contributed by atoms with E-state index in [2.05, 4.69) is 17.6 Å². The van der Waals surface area contributed by atoms with E-state index >= 15 is 0 Å². The van der Waals surface area contributed by atoms with Gasteiger partial charge in [-0.25, -0.2) is 4.79 Å². The van der Waals surface area contributed by atoms with Crippen LogP contribution in [0.25, 0.3) is 0 Å². The fraction of sp³-hybridized carbons (Fsp3) is 0.235. The molecule has 4 nitrogen and oxygen atoms in total. The zero-order valence-corrected chi connectivity index (χ0v) is 13.6. The van der Waals surface area contributed by atoms with E-state index in [9.17, 15) is 4.79 Å². The largest absolute Gasteiger partial charge is 0.473 e. The van der Waals surface area contributed by atoms with Gasteiger partial charge < -0.3 is 15.4 Å². The predicted molar refractivity (Wildman–Crippen MR) is 91.7 cm³/mol. The number of ether oxygens (including phenoxy) is 1. The molecule has 0 saturated carbocycles. The van der Waals surface area contributed by atoms with Crippen LogP contribution in [0.2, 0.25) is 0 Å². The Balaban J connectivity index is 1.82. The lowest BCUT2D eigenvalue weighted by Crippen LogP contribution is -2.32. The maximum Gasteiger partial charge on any atom is 0.321 e. The summed E-state index contributed by atoms with van der Waals surface area (Å²) in [5.41, 5.74) is 1.88. The number of urea groups is 1. The summed E-state index contributed by atoms with van der Waals surface area (Å²) in [4.78, 5) is 13.0. The van der Waals surface area contributed by atoms with Gasteiger partial charge in [-0.05, 0) is 42.5 Å². The Morgan fingerprint density at radius 1 is 1.18 bits per heavy atom. The van der Waals surface area contributed by atoms with Crippen molar-refractivity contribution in [3.05, 3.63) is 54.1 Å². The lowest BCUT2D eigenvalue weighted by Gasteiger charge is -2.12. The van der Waals surface area contributed by atoms with Crippen molar-refractivity contribution in [3.8, 4) is 5.75 Å². The second-order valence-electron chi connectivity index (χ2n) is 4.61. The van der Waals surface area contributed by atoms with Crippen LogP contribution in [0.3, 0.4) is 0 Å². The highest BCUT2D eigenvalue weighted by molar-refractivity contribution is 7.98. The molecule has 0 unspecified atom stereocenters. The molecule has 0 aliphatic rings. The van der Waals surface area contributed by atoms with E-state index in [0.29, 0.717) is 0 Å². The number of amides is 2. The number of carbonyl (C=O) groups excluding carboxylic acids is 1. The molecule has 2 rings (SSSR count). The quantitative estimate of drug-likeness (QED) is 0.622. The molecule has 22 heavy (non-hydrogen) atoms. The molecule has 0 radical (unpaired) electrons. The Morgan fingerprint density at radius 2 is 2.00 bits per heavy atom. The Kier molecular flexibility index (Phi) is 6.15. The van der Waals surface area contributed by atoms with Crippen LogP contribution in [0.15, 0.2) is 53.4 Å². The van der Waals surface area contributed by atoms with Gasteiger partial charge in [0.05, 0.1) is 0 Å². The van der Waals surface area contributed by atoms with Crippen molar-refractivity contribution in [2.45, 2.75) is 18.2 Å². The van der Waals surface area contributed by atoms with Gasteiger partial charge >= 0.3 is 6.03 Å². The number of anilines is 1. The van der Waals surface area contributed by atoms with Crippen molar-refractivity contribution in [1.29, 1.82) is 0 Å². The van der Waals surface area contributed by atoms with Gasteiger partial charge in [0.15, 0.2) is 6.73 Å². The summed E-state index contributed by atoms with van der Waals surface area (Å²) in [6.45, 7) is 2.20. The van der Waals surface area contributed by atoms with Crippen molar-refractivity contribution in [2.75, 3.05) is 18.3 Å². The Labute approximate surface area is 135 Å².